The summed E-state index contributed by atoms with van der Waals surface area (Å²) < 4.78 is 27.8. The van der Waals surface area contributed by atoms with Gasteiger partial charge in [0.1, 0.15) is 12.8 Å². The molecular weight excluding hydrogens is 360 g/mol. The van der Waals surface area contributed by atoms with Crippen molar-refractivity contribution in [2.24, 2.45) is 5.16 Å². The predicted octanol–water partition coefficient (Wildman–Crippen LogP) is 3.87. The van der Waals surface area contributed by atoms with Gasteiger partial charge >= 0.3 is 0 Å². The molecule has 0 bridgehead atoms. The van der Waals surface area contributed by atoms with Gasteiger partial charge in [-0.3, -0.25) is 0 Å². The van der Waals surface area contributed by atoms with Crippen molar-refractivity contribution in [3.8, 4) is 0 Å². The van der Waals surface area contributed by atoms with Crippen LogP contribution in [-0.4, -0.2) is 38.6 Å². The molecule has 0 aromatic heterocycles. The fourth-order valence-electron chi connectivity index (χ4n) is 3.28. The minimum atomic E-state index is -3.62. The monoisotopic (exact) mass is 384 g/mol. The Morgan fingerprint density at radius 3 is 2.30 bits per heavy atom. The van der Waals surface area contributed by atoms with Gasteiger partial charge in [-0.05, 0) is 36.6 Å². The molecule has 0 N–H and O–H groups in total. The third kappa shape index (κ3) is 3.96. The van der Waals surface area contributed by atoms with Gasteiger partial charge in [0.25, 0.3) is 0 Å². The van der Waals surface area contributed by atoms with Gasteiger partial charge in [0.05, 0.1) is 11.4 Å². The number of hydrogen-bond donors (Lipinski definition) is 0. The van der Waals surface area contributed by atoms with Crippen LogP contribution in [0.15, 0.2) is 70.2 Å². The number of sulfonamides is 1. The van der Waals surface area contributed by atoms with E-state index < -0.39 is 10.0 Å². The van der Waals surface area contributed by atoms with E-state index in [1.807, 2.05) is 56.3 Å². The van der Waals surface area contributed by atoms with Gasteiger partial charge in [-0.25, -0.2) is 8.42 Å². The van der Waals surface area contributed by atoms with Crippen molar-refractivity contribution in [3.05, 3.63) is 71.3 Å². The molecule has 0 atom stereocenters. The van der Waals surface area contributed by atoms with Gasteiger partial charge in [-0.2, -0.15) is 4.31 Å². The molecule has 2 aromatic rings. The van der Waals surface area contributed by atoms with E-state index in [4.69, 9.17) is 4.84 Å². The van der Waals surface area contributed by atoms with Crippen molar-refractivity contribution in [2.45, 2.75) is 25.2 Å². The molecule has 0 fully saturated rings. The second kappa shape index (κ2) is 8.06. The summed E-state index contributed by atoms with van der Waals surface area (Å²) in [5.41, 5.74) is 4.68. The van der Waals surface area contributed by atoms with Gasteiger partial charge in [0.2, 0.25) is 10.0 Å². The first-order valence-electron chi connectivity index (χ1n) is 8.92. The van der Waals surface area contributed by atoms with Gasteiger partial charge in [-0.1, -0.05) is 60.1 Å². The topological polar surface area (TPSA) is 59.0 Å². The van der Waals surface area contributed by atoms with E-state index in [2.05, 4.69) is 5.16 Å². The van der Waals surface area contributed by atoms with Crippen molar-refractivity contribution < 1.29 is 13.3 Å². The summed E-state index contributed by atoms with van der Waals surface area (Å²) in [4.78, 5) is 5.34. The van der Waals surface area contributed by atoms with E-state index in [1.165, 1.54) is 11.4 Å². The number of aryl methyl sites for hydroxylation is 1. The summed E-state index contributed by atoms with van der Waals surface area (Å²) in [7, 11) is -2.14. The second-order valence-corrected chi connectivity index (χ2v) is 8.44. The number of oxime groups is 1. The highest BCUT2D eigenvalue weighted by Gasteiger charge is 2.33. The molecule has 0 radical (unpaired) electrons. The SMILES string of the molecule is CCC1=C(c2ccccc2)/C(=N/OC)CN(S(=O)(=O)c2ccc(C)cc2)C1. The molecule has 0 unspecified atom stereocenters. The zero-order valence-corrected chi connectivity index (χ0v) is 16.7. The molecule has 0 aliphatic carbocycles. The van der Waals surface area contributed by atoms with Crippen LogP contribution in [-0.2, 0) is 14.9 Å². The van der Waals surface area contributed by atoms with Gasteiger partial charge in [0.15, 0.2) is 0 Å². The molecule has 2 aromatic carbocycles. The van der Waals surface area contributed by atoms with Crippen molar-refractivity contribution in [3.63, 3.8) is 0 Å². The van der Waals surface area contributed by atoms with E-state index in [1.54, 1.807) is 12.1 Å². The highest BCUT2D eigenvalue weighted by Crippen LogP contribution is 2.30. The lowest BCUT2D eigenvalue weighted by Gasteiger charge is -2.31. The Morgan fingerprint density at radius 2 is 1.70 bits per heavy atom. The molecule has 0 saturated carbocycles. The Balaban J connectivity index is 2.06. The Labute approximate surface area is 161 Å². The average Bonchev–Trinajstić information content (AvgIpc) is 2.68. The summed E-state index contributed by atoms with van der Waals surface area (Å²) in [6.45, 7) is 4.49. The maximum absolute atomic E-state index is 13.2. The third-order valence-corrected chi connectivity index (χ3v) is 6.49. The molecular formula is C21H24N2O3S. The average molecular weight is 385 g/mol. The molecule has 5 nitrogen and oxygen atoms in total. The summed E-state index contributed by atoms with van der Waals surface area (Å²) >= 11 is 0. The normalized spacial score (nSPS) is 17.4. The zero-order valence-electron chi connectivity index (χ0n) is 15.8. The zero-order chi connectivity index (χ0) is 19.4. The highest BCUT2D eigenvalue weighted by atomic mass is 32.2. The van der Waals surface area contributed by atoms with E-state index in [-0.39, 0.29) is 6.54 Å². The summed E-state index contributed by atoms with van der Waals surface area (Å²) in [5, 5.41) is 4.16. The fourth-order valence-corrected chi connectivity index (χ4v) is 4.67. The van der Waals surface area contributed by atoms with Crippen molar-refractivity contribution >= 4 is 21.3 Å². The molecule has 1 aliphatic rings. The van der Waals surface area contributed by atoms with E-state index >= 15 is 0 Å². The largest absolute Gasteiger partial charge is 0.399 e. The van der Waals surface area contributed by atoms with Crippen molar-refractivity contribution in [1.29, 1.82) is 0 Å². The Kier molecular flexibility index (Phi) is 5.77. The Bertz CT molecular complexity index is 962. The fraction of sp³-hybridized carbons (Fsp3) is 0.286. The quantitative estimate of drug-likeness (QED) is 0.736. The Hall–Kier alpha value is -2.44. The smallest absolute Gasteiger partial charge is 0.243 e. The first-order chi connectivity index (χ1) is 13.0. The number of nitrogens with zero attached hydrogens (tertiary/aromatic N) is 2. The van der Waals surface area contributed by atoms with E-state index in [9.17, 15) is 8.42 Å². The maximum atomic E-state index is 13.2. The number of benzene rings is 2. The van der Waals surface area contributed by atoms with Crippen LogP contribution >= 0.6 is 0 Å². The molecule has 0 spiro atoms. The molecule has 1 heterocycles. The summed E-state index contributed by atoms with van der Waals surface area (Å²) in [6, 6.07) is 16.9. The summed E-state index contributed by atoms with van der Waals surface area (Å²) in [5.74, 6) is 0. The first kappa shape index (κ1) is 19.3. The maximum Gasteiger partial charge on any atom is 0.243 e. The van der Waals surface area contributed by atoms with Gasteiger partial charge < -0.3 is 4.84 Å². The second-order valence-electron chi connectivity index (χ2n) is 6.50. The van der Waals surface area contributed by atoms with Crippen LogP contribution in [0.25, 0.3) is 5.57 Å². The lowest BCUT2D eigenvalue weighted by atomic mass is 9.91. The van der Waals surface area contributed by atoms with Crippen LogP contribution < -0.4 is 0 Å². The van der Waals surface area contributed by atoms with Crippen LogP contribution in [0.5, 0.6) is 0 Å². The van der Waals surface area contributed by atoms with Crippen molar-refractivity contribution in [1.82, 2.24) is 4.31 Å². The van der Waals surface area contributed by atoms with Crippen LogP contribution in [0.4, 0.5) is 0 Å². The predicted molar refractivity (Wildman–Crippen MR) is 108 cm³/mol. The standard InChI is InChI=1S/C21H24N2O3S/c1-4-17-14-23(27(24,25)19-12-10-16(2)11-13-19)15-20(22-26-3)21(17)18-8-6-5-7-9-18/h5-13H,4,14-15H2,1-3H3/b22-20+. The molecule has 6 heteroatoms. The first-order valence-corrected chi connectivity index (χ1v) is 10.4. The highest BCUT2D eigenvalue weighted by molar-refractivity contribution is 7.89. The minimum Gasteiger partial charge on any atom is -0.399 e. The molecule has 142 valence electrons. The van der Waals surface area contributed by atoms with E-state index in [0.29, 0.717) is 17.2 Å². The van der Waals surface area contributed by atoms with Crippen LogP contribution in [0, 0.1) is 6.92 Å². The molecule has 0 amide bonds. The van der Waals surface area contributed by atoms with Crippen LogP contribution in [0.3, 0.4) is 0 Å². The van der Waals surface area contributed by atoms with E-state index in [0.717, 1.165) is 28.7 Å². The third-order valence-electron chi connectivity index (χ3n) is 4.68. The number of hydrogen-bond acceptors (Lipinski definition) is 4. The van der Waals surface area contributed by atoms with Gasteiger partial charge in [0, 0.05) is 12.1 Å². The Morgan fingerprint density at radius 1 is 1.04 bits per heavy atom. The number of rotatable bonds is 5. The van der Waals surface area contributed by atoms with Gasteiger partial charge in [-0.15, -0.1) is 0 Å². The lowest BCUT2D eigenvalue weighted by molar-refractivity contribution is 0.212. The lowest BCUT2D eigenvalue weighted by Crippen LogP contribution is -2.41. The van der Waals surface area contributed by atoms with Crippen LogP contribution in [0.1, 0.15) is 24.5 Å². The molecule has 0 saturated heterocycles. The molecule has 3 rings (SSSR count). The minimum absolute atomic E-state index is 0.178. The summed E-state index contributed by atoms with van der Waals surface area (Å²) in [6.07, 6.45) is 0.729. The molecule has 1 aliphatic heterocycles. The molecule has 27 heavy (non-hydrogen) atoms. The van der Waals surface area contributed by atoms with Crippen molar-refractivity contribution in [2.75, 3.05) is 20.2 Å². The van der Waals surface area contributed by atoms with Crippen LogP contribution in [0.2, 0.25) is 0 Å².